The van der Waals surface area contributed by atoms with Gasteiger partial charge in [0.05, 0.1) is 27.4 Å². The molecule has 0 unspecified atom stereocenters. The Balaban J connectivity index is 1.42. The average molecular weight is 524 g/mol. The maximum atomic E-state index is 12.1. The second-order valence-electron chi connectivity index (χ2n) is 9.24. The molecule has 0 radical (unpaired) electrons. The number of fused-ring (bicyclic) bond motifs is 1. The van der Waals surface area contributed by atoms with E-state index in [1.807, 2.05) is 6.07 Å². The molecular weight excluding hydrogens is 492 g/mol. The molecule has 1 aromatic heterocycles. The van der Waals surface area contributed by atoms with Gasteiger partial charge in [-0.05, 0) is 67.5 Å². The molecule has 1 saturated carbocycles. The summed E-state index contributed by atoms with van der Waals surface area (Å²) in [4.78, 5) is 30.3. The lowest BCUT2D eigenvalue weighted by molar-refractivity contribution is -0.127. The summed E-state index contributed by atoms with van der Waals surface area (Å²) in [6.07, 6.45) is 6.10. The third-order valence-electron chi connectivity index (χ3n) is 6.69. The number of nitrogens with zero attached hydrogens (tertiary/aromatic N) is 2. The molecule has 3 amide bonds. The smallest absolute Gasteiger partial charge is 0.319 e. The van der Waals surface area contributed by atoms with Crippen LogP contribution >= 0.6 is 11.6 Å². The summed E-state index contributed by atoms with van der Waals surface area (Å²) >= 11 is 6.42. The number of likely N-dealkylation sites (tertiary alicyclic amines) is 1. The number of carbonyl (C=O) groups is 2. The fraction of sp³-hybridized carbons (Fsp3) is 0.321. The van der Waals surface area contributed by atoms with Crippen LogP contribution in [0, 0.1) is 0 Å². The Labute approximate surface area is 224 Å². The van der Waals surface area contributed by atoms with Crippen LogP contribution in [0.1, 0.15) is 41.3 Å². The number of hydrogen-bond acceptors (Lipinski definition) is 5. The summed E-state index contributed by atoms with van der Waals surface area (Å²) in [5.41, 5.74) is 1.68. The Hall–Kier alpha value is -3.78. The van der Waals surface area contributed by atoms with Crippen LogP contribution in [0.25, 0.3) is 10.9 Å². The van der Waals surface area contributed by atoms with Gasteiger partial charge in [0.2, 0.25) is 5.91 Å². The number of amides is 3. The van der Waals surface area contributed by atoms with E-state index in [4.69, 9.17) is 25.2 Å². The molecule has 8 nitrogen and oxygen atoms in total. The van der Waals surface area contributed by atoms with Crippen LogP contribution in [0.4, 0.5) is 10.5 Å². The minimum absolute atomic E-state index is 0.0368. The molecule has 0 atom stereocenters. The van der Waals surface area contributed by atoms with Crippen molar-refractivity contribution < 1.29 is 23.2 Å². The lowest BCUT2D eigenvalue weighted by atomic mass is 9.87. The number of ether oxygens (including phenoxy) is 2. The number of piperidine rings is 1. The van der Waals surface area contributed by atoms with E-state index in [9.17, 15) is 9.59 Å². The van der Waals surface area contributed by atoms with Crippen LogP contribution in [-0.2, 0) is 4.79 Å². The van der Waals surface area contributed by atoms with Crippen molar-refractivity contribution in [2.75, 3.05) is 25.4 Å². The van der Waals surface area contributed by atoms with E-state index in [-0.39, 0.29) is 29.6 Å². The molecule has 5 rings (SSSR count). The van der Waals surface area contributed by atoms with Crippen molar-refractivity contribution in [3.05, 3.63) is 65.8 Å². The summed E-state index contributed by atoms with van der Waals surface area (Å²) < 4.78 is 34.6. The van der Waals surface area contributed by atoms with Crippen LogP contribution in [0.3, 0.4) is 0 Å². The standard InChI is InChI=1S/C28H29ClN4O4/c1-3-27(34)33-12-9-17(10-13-33)20-15-21-24(16-26(20)36-2)30-11-8-25(21)37-19-6-7-23(22(29)14-19)32-28(35)31-18-4-5-18/h3,6-8,11,14-18H,1,4-5,9-10,12-13H2,2H3,(H2,31,32,35)/i2D3. The molecule has 0 spiro atoms. The van der Waals surface area contributed by atoms with E-state index in [1.165, 1.54) is 6.08 Å². The molecule has 2 N–H and O–H groups in total. The third-order valence-corrected chi connectivity index (χ3v) is 7.01. The SMILES string of the molecule is [2H]C([2H])([2H])Oc1cc2nccc(Oc3ccc(NC(=O)NC4CC4)c(Cl)c3)c2cc1C1CCN(C(=O)C=C)CC1. The monoisotopic (exact) mass is 523 g/mol. The number of urea groups is 1. The summed E-state index contributed by atoms with van der Waals surface area (Å²) in [6.45, 7) is 4.60. The molecule has 0 bridgehead atoms. The molecule has 192 valence electrons. The number of rotatable bonds is 7. The van der Waals surface area contributed by atoms with Gasteiger partial charge in [0.25, 0.3) is 0 Å². The van der Waals surface area contributed by atoms with Gasteiger partial charge < -0.3 is 25.0 Å². The van der Waals surface area contributed by atoms with Crippen LogP contribution < -0.4 is 20.1 Å². The first-order chi connectivity index (χ1) is 19.1. The quantitative estimate of drug-likeness (QED) is 0.378. The highest BCUT2D eigenvalue weighted by Gasteiger charge is 2.26. The zero-order valence-electron chi connectivity index (χ0n) is 23.1. The van der Waals surface area contributed by atoms with Crippen molar-refractivity contribution in [3.8, 4) is 17.2 Å². The van der Waals surface area contributed by atoms with E-state index in [0.29, 0.717) is 64.6 Å². The molecule has 1 saturated heterocycles. The number of pyridine rings is 1. The minimum Gasteiger partial charge on any atom is -0.496 e. The Bertz CT molecular complexity index is 1450. The van der Waals surface area contributed by atoms with Gasteiger partial charge in [-0.25, -0.2) is 4.79 Å². The molecule has 3 aromatic rings. The van der Waals surface area contributed by atoms with Gasteiger partial charge in [-0.3, -0.25) is 9.78 Å². The van der Waals surface area contributed by atoms with E-state index in [2.05, 4.69) is 22.2 Å². The fourth-order valence-electron chi connectivity index (χ4n) is 4.56. The average Bonchev–Trinajstić information content (AvgIpc) is 3.73. The predicted molar refractivity (Wildman–Crippen MR) is 144 cm³/mol. The summed E-state index contributed by atoms with van der Waals surface area (Å²) in [7, 11) is -2.64. The molecule has 2 aromatic carbocycles. The van der Waals surface area contributed by atoms with Gasteiger partial charge in [-0.15, -0.1) is 0 Å². The van der Waals surface area contributed by atoms with Crippen molar-refractivity contribution in [2.45, 2.75) is 37.6 Å². The number of aromatic nitrogens is 1. The van der Waals surface area contributed by atoms with Crippen molar-refractivity contribution in [2.24, 2.45) is 0 Å². The molecule has 2 aliphatic rings. The molecule has 2 heterocycles. The van der Waals surface area contributed by atoms with Gasteiger partial charge in [0, 0.05) is 42.8 Å². The number of carbonyl (C=O) groups excluding carboxylic acids is 2. The highest BCUT2D eigenvalue weighted by atomic mass is 35.5. The lowest BCUT2D eigenvalue weighted by Crippen LogP contribution is -2.36. The Morgan fingerprint density at radius 1 is 1.16 bits per heavy atom. The highest BCUT2D eigenvalue weighted by molar-refractivity contribution is 6.33. The maximum absolute atomic E-state index is 12.1. The molecule has 37 heavy (non-hydrogen) atoms. The normalized spacial score (nSPS) is 17.3. The van der Waals surface area contributed by atoms with E-state index < -0.39 is 7.04 Å². The predicted octanol–water partition coefficient (Wildman–Crippen LogP) is 5.87. The van der Waals surface area contributed by atoms with Crippen molar-refractivity contribution in [1.29, 1.82) is 0 Å². The summed E-state index contributed by atoms with van der Waals surface area (Å²) in [5.74, 6) is 1.01. The molecular formula is C28H29ClN4O4. The van der Waals surface area contributed by atoms with Crippen LogP contribution in [0.15, 0.2) is 55.3 Å². The van der Waals surface area contributed by atoms with E-state index in [0.717, 1.165) is 12.8 Å². The Morgan fingerprint density at radius 2 is 1.97 bits per heavy atom. The summed E-state index contributed by atoms with van der Waals surface area (Å²) in [5, 5.41) is 6.58. The number of benzene rings is 2. The molecule has 9 heteroatoms. The highest BCUT2D eigenvalue weighted by Crippen LogP contribution is 2.40. The van der Waals surface area contributed by atoms with Crippen molar-refractivity contribution in [1.82, 2.24) is 15.2 Å². The zero-order chi connectivity index (χ0) is 28.4. The molecule has 1 aliphatic carbocycles. The molecule has 1 aliphatic heterocycles. The van der Waals surface area contributed by atoms with Gasteiger partial charge >= 0.3 is 6.03 Å². The first-order valence-electron chi connectivity index (χ1n) is 13.7. The molecule has 2 fully saturated rings. The summed E-state index contributed by atoms with van der Waals surface area (Å²) in [6, 6.07) is 10.1. The lowest BCUT2D eigenvalue weighted by Gasteiger charge is -2.32. The minimum atomic E-state index is -2.64. The number of nitrogens with one attached hydrogen (secondary N) is 2. The topological polar surface area (TPSA) is 92.8 Å². The zero-order valence-corrected chi connectivity index (χ0v) is 20.9. The number of halogens is 1. The van der Waals surface area contributed by atoms with Crippen LogP contribution in [0.5, 0.6) is 17.2 Å². The van der Waals surface area contributed by atoms with E-state index in [1.54, 1.807) is 41.4 Å². The van der Waals surface area contributed by atoms with Crippen LogP contribution in [0.2, 0.25) is 5.02 Å². The van der Waals surface area contributed by atoms with Gasteiger partial charge in [0.1, 0.15) is 17.2 Å². The Morgan fingerprint density at radius 3 is 2.68 bits per heavy atom. The van der Waals surface area contributed by atoms with Crippen LogP contribution in [-0.4, -0.2) is 48.0 Å². The third kappa shape index (κ3) is 5.64. The second-order valence-corrected chi connectivity index (χ2v) is 9.65. The number of hydrogen-bond donors (Lipinski definition) is 2. The Kier molecular flexibility index (Phi) is 6.16. The largest absolute Gasteiger partial charge is 0.496 e. The number of methoxy groups -OCH3 is 1. The fourth-order valence-corrected chi connectivity index (χ4v) is 4.78. The van der Waals surface area contributed by atoms with Gasteiger partial charge in [0.15, 0.2) is 0 Å². The van der Waals surface area contributed by atoms with Crippen molar-refractivity contribution in [3.63, 3.8) is 0 Å². The number of anilines is 1. The van der Waals surface area contributed by atoms with Gasteiger partial charge in [-0.1, -0.05) is 18.2 Å². The first kappa shape index (κ1) is 21.3. The van der Waals surface area contributed by atoms with E-state index >= 15 is 0 Å². The second kappa shape index (κ2) is 10.7. The van der Waals surface area contributed by atoms with Crippen molar-refractivity contribution >= 4 is 40.1 Å². The first-order valence-corrected chi connectivity index (χ1v) is 12.6. The maximum Gasteiger partial charge on any atom is 0.319 e. The van der Waals surface area contributed by atoms with Gasteiger partial charge in [-0.2, -0.15) is 0 Å².